The first-order valence-corrected chi connectivity index (χ1v) is 13.8. The zero-order valence-corrected chi connectivity index (χ0v) is 22.4. The fraction of sp³-hybridized carbons (Fsp3) is 0.406. The van der Waals surface area contributed by atoms with Crippen molar-refractivity contribution in [3.63, 3.8) is 0 Å². The number of nitrogens with zero attached hydrogens (tertiary/aromatic N) is 2. The van der Waals surface area contributed by atoms with Crippen molar-refractivity contribution in [2.24, 2.45) is 0 Å². The first kappa shape index (κ1) is 26.2. The second-order valence-corrected chi connectivity index (χ2v) is 10.2. The van der Waals surface area contributed by atoms with E-state index in [0.29, 0.717) is 24.7 Å². The Labute approximate surface area is 224 Å². The fourth-order valence-corrected chi connectivity index (χ4v) is 5.72. The van der Waals surface area contributed by atoms with Gasteiger partial charge in [0.05, 0.1) is 13.3 Å². The second-order valence-electron chi connectivity index (χ2n) is 10.2. The van der Waals surface area contributed by atoms with Crippen LogP contribution in [0, 0.1) is 6.92 Å². The highest BCUT2D eigenvalue weighted by molar-refractivity contribution is 6.00. The van der Waals surface area contributed by atoms with Crippen LogP contribution in [-0.4, -0.2) is 54.0 Å². The minimum absolute atomic E-state index is 0.134. The summed E-state index contributed by atoms with van der Waals surface area (Å²) in [5.74, 6) is 1.80. The number of likely N-dealkylation sites (tertiary alicyclic amines) is 1. The molecule has 0 radical (unpaired) electrons. The van der Waals surface area contributed by atoms with Crippen molar-refractivity contribution in [1.29, 1.82) is 0 Å². The molecule has 3 aromatic rings. The van der Waals surface area contributed by atoms with Crippen LogP contribution in [0.2, 0.25) is 0 Å². The third kappa shape index (κ3) is 5.86. The molecule has 0 spiro atoms. The van der Waals surface area contributed by atoms with Crippen molar-refractivity contribution in [3.05, 3.63) is 82.5 Å². The number of alkyl halides is 1. The maximum Gasteiger partial charge on any atom is 0.213 e. The molecule has 2 aromatic carbocycles. The molecule has 0 unspecified atom stereocenters. The van der Waals surface area contributed by atoms with Gasteiger partial charge in [0, 0.05) is 31.9 Å². The highest BCUT2D eigenvalue weighted by atomic mass is 19.1. The summed E-state index contributed by atoms with van der Waals surface area (Å²) < 4.78 is 24.5. The first-order chi connectivity index (χ1) is 18.6. The Bertz CT molecular complexity index is 1290. The Kier molecular flexibility index (Phi) is 8.28. The van der Waals surface area contributed by atoms with Gasteiger partial charge in [-0.1, -0.05) is 18.2 Å². The van der Waals surface area contributed by atoms with Gasteiger partial charge in [-0.2, -0.15) is 0 Å². The van der Waals surface area contributed by atoms with E-state index in [1.165, 1.54) is 11.1 Å². The molecule has 1 atom stereocenters. The smallest absolute Gasteiger partial charge is 0.213 e. The van der Waals surface area contributed by atoms with Gasteiger partial charge in [0.25, 0.3) is 0 Å². The average molecular weight is 517 g/mol. The zero-order chi connectivity index (χ0) is 26.5. The topological polar surface area (TPSA) is 54.8 Å². The van der Waals surface area contributed by atoms with Crippen LogP contribution in [0.15, 0.2) is 54.7 Å². The number of hydrogen-bond donors (Lipinski definition) is 1. The number of rotatable bonds is 9. The summed E-state index contributed by atoms with van der Waals surface area (Å²) in [5.41, 5.74) is 8.13. The number of aromatic hydroxyl groups is 1. The number of pyridine rings is 1. The predicted octanol–water partition coefficient (Wildman–Crippen LogP) is 6.60. The highest BCUT2D eigenvalue weighted by Gasteiger charge is 2.25. The molecule has 1 saturated heterocycles. The number of benzene rings is 2. The predicted molar refractivity (Wildman–Crippen MR) is 150 cm³/mol. The molecular formula is C32H37FN2O3. The lowest BCUT2D eigenvalue weighted by Crippen LogP contribution is -2.26. The van der Waals surface area contributed by atoms with Crippen molar-refractivity contribution < 1.29 is 19.0 Å². The molecule has 2 heterocycles. The minimum Gasteiger partial charge on any atom is -0.508 e. The van der Waals surface area contributed by atoms with E-state index in [4.69, 9.17) is 9.47 Å². The van der Waals surface area contributed by atoms with Gasteiger partial charge < -0.3 is 14.6 Å². The molecule has 1 N–H and O–H groups in total. The number of aryl methyl sites for hydroxylation is 2. The summed E-state index contributed by atoms with van der Waals surface area (Å²) in [4.78, 5) is 6.87. The quantitative estimate of drug-likeness (QED) is 0.347. The van der Waals surface area contributed by atoms with Crippen molar-refractivity contribution in [3.8, 4) is 17.4 Å². The molecule has 0 saturated carbocycles. The lowest BCUT2D eigenvalue weighted by Gasteiger charge is -2.19. The number of fused-ring (bicyclic) bond motifs is 1. The molecule has 1 fully saturated rings. The number of halogens is 1. The highest BCUT2D eigenvalue weighted by Crippen LogP contribution is 2.42. The van der Waals surface area contributed by atoms with Crippen LogP contribution >= 0.6 is 0 Å². The third-order valence-electron chi connectivity index (χ3n) is 7.52. The fourth-order valence-electron chi connectivity index (χ4n) is 5.72. The summed E-state index contributed by atoms with van der Waals surface area (Å²) in [6.07, 6.45) is 6.43. The Morgan fingerprint density at radius 2 is 1.92 bits per heavy atom. The molecule has 1 aliphatic heterocycles. The molecule has 5 nitrogen and oxygen atoms in total. The largest absolute Gasteiger partial charge is 0.508 e. The maximum atomic E-state index is 12.5. The van der Waals surface area contributed by atoms with Crippen molar-refractivity contribution in [1.82, 2.24) is 9.88 Å². The number of aromatic nitrogens is 1. The van der Waals surface area contributed by atoms with E-state index in [9.17, 15) is 9.50 Å². The molecular weight excluding hydrogens is 479 g/mol. The van der Waals surface area contributed by atoms with E-state index in [1.54, 1.807) is 6.07 Å². The van der Waals surface area contributed by atoms with Crippen LogP contribution in [0.4, 0.5) is 4.39 Å². The van der Waals surface area contributed by atoms with Crippen molar-refractivity contribution >= 4 is 11.1 Å². The van der Waals surface area contributed by atoms with Crippen molar-refractivity contribution in [2.75, 3.05) is 32.9 Å². The van der Waals surface area contributed by atoms with E-state index >= 15 is 0 Å². The van der Waals surface area contributed by atoms with E-state index < -0.39 is 0 Å². The van der Waals surface area contributed by atoms with Gasteiger partial charge in [-0.15, -0.1) is 0 Å². The van der Waals surface area contributed by atoms with Gasteiger partial charge in [0.1, 0.15) is 17.6 Å². The summed E-state index contributed by atoms with van der Waals surface area (Å²) in [5, 5.41) is 10.2. The van der Waals surface area contributed by atoms with Crippen LogP contribution in [0.1, 0.15) is 60.4 Å². The van der Waals surface area contributed by atoms with Crippen LogP contribution < -0.4 is 9.47 Å². The van der Waals surface area contributed by atoms with E-state index in [2.05, 4.69) is 41.1 Å². The van der Waals surface area contributed by atoms with Crippen LogP contribution in [0.3, 0.4) is 0 Å². The van der Waals surface area contributed by atoms with Crippen molar-refractivity contribution in [2.45, 2.75) is 52.1 Å². The van der Waals surface area contributed by atoms with Crippen LogP contribution in [0.5, 0.6) is 17.4 Å². The number of ether oxygens (including phenoxy) is 2. The monoisotopic (exact) mass is 516 g/mol. The molecule has 1 aromatic heterocycles. The van der Waals surface area contributed by atoms with Gasteiger partial charge in [0.15, 0.2) is 0 Å². The Balaban J connectivity index is 1.49. The summed E-state index contributed by atoms with van der Waals surface area (Å²) in [6.45, 7) is 6.99. The Morgan fingerprint density at radius 1 is 1.08 bits per heavy atom. The normalized spacial score (nSPS) is 17.8. The molecule has 2 aliphatic rings. The summed E-state index contributed by atoms with van der Waals surface area (Å²) >= 11 is 0. The molecule has 1 aliphatic carbocycles. The second kappa shape index (κ2) is 12.0. The Morgan fingerprint density at radius 3 is 2.68 bits per heavy atom. The first-order valence-electron chi connectivity index (χ1n) is 13.8. The summed E-state index contributed by atoms with van der Waals surface area (Å²) in [7, 11) is 0. The number of allylic oxidation sites excluding steroid dienone is 1. The standard InChI is InChI=1S/C32H37FN2O3/c1-3-37-31-18-22(2)30(20-34-31)29-7-4-6-24-19-25(36)10-13-28(24)32(29)23-8-11-26(12-9-23)38-27-14-17-35(21-27)16-5-15-33/h8-13,18-20,27,36H,3-7,14-17,21H2,1-2H3/t27-/m0/s1. The SMILES string of the molecule is CCOc1cc(C)c(C2=C(c3ccc(O[C@H]4CCN(CCCF)C4)cc3)c3ccc(O)cc3CCC2)cn1. The number of phenols is 1. The van der Waals surface area contributed by atoms with Gasteiger partial charge in [-0.05, 0) is 109 Å². The lowest BCUT2D eigenvalue weighted by atomic mass is 9.87. The third-order valence-corrected chi connectivity index (χ3v) is 7.52. The molecule has 0 amide bonds. The number of hydrogen-bond acceptors (Lipinski definition) is 5. The van der Waals surface area contributed by atoms with E-state index in [0.717, 1.165) is 78.9 Å². The molecule has 5 rings (SSSR count). The Hall–Kier alpha value is -3.38. The maximum absolute atomic E-state index is 12.5. The van der Waals surface area contributed by atoms with Gasteiger partial charge in [-0.25, -0.2) is 4.98 Å². The van der Waals surface area contributed by atoms with E-state index in [-0.39, 0.29) is 12.8 Å². The van der Waals surface area contributed by atoms with Gasteiger partial charge in [-0.3, -0.25) is 9.29 Å². The van der Waals surface area contributed by atoms with Gasteiger partial charge >= 0.3 is 0 Å². The minimum atomic E-state index is -0.268. The van der Waals surface area contributed by atoms with Crippen LogP contribution in [0.25, 0.3) is 11.1 Å². The van der Waals surface area contributed by atoms with Crippen LogP contribution in [-0.2, 0) is 6.42 Å². The lowest BCUT2D eigenvalue weighted by molar-refractivity contribution is 0.198. The molecule has 0 bridgehead atoms. The number of phenolic OH excluding ortho intramolecular Hbond substituents is 1. The summed E-state index contributed by atoms with van der Waals surface area (Å²) in [6, 6.07) is 16.1. The molecule has 38 heavy (non-hydrogen) atoms. The van der Waals surface area contributed by atoms with Gasteiger partial charge in [0.2, 0.25) is 5.88 Å². The average Bonchev–Trinajstić information content (AvgIpc) is 3.27. The molecule has 200 valence electrons. The van der Waals surface area contributed by atoms with E-state index in [1.807, 2.05) is 31.3 Å². The zero-order valence-electron chi connectivity index (χ0n) is 22.4. The molecule has 6 heteroatoms.